The quantitative estimate of drug-likeness (QED) is 0.378. The van der Waals surface area contributed by atoms with Crippen LogP contribution in [-0.2, 0) is 31.4 Å². The van der Waals surface area contributed by atoms with Gasteiger partial charge in [-0.2, -0.15) is 5.10 Å². The number of nitrogens with one attached hydrogen (secondary N) is 1. The number of benzene rings is 1. The third-order valence-electron chi connectivity index (χ3n) is 8.50. The summed E-state index contributed by atoms with van der Waals surface area (Å²) in [6.07, 6.45) is 7.17. The summed E-state index contributed by atoms with van der Waals surface area (Å²) in [5, 5.41) is 7.73. The van der Waals surface area contributed by atoms with E-state index in [0.29, 0.717) is 30.6 Å². The van der Waals surface area contributed by atoms with Crippen molar-refractivity contribution in [2.75, 3.05) is 37.0 Å². The highest BCUT2D eigenvalue weighted by molar-refractivity contribution is 7.91. The Hall–Kier alpha value is -3.51. The largest absolute Gasteiger partial charge is 0.355 e. The van der Waals surface area contributed by atoms with Crippen molar-refractivity contribution in [1.82, 2.24) is 24.8 Å². The average molecular weight is 596 g/mol. The van der Waals surface area contributed by atoms with Crippen molar-refractivity contribution in [2.45, 2.75) is 70.0 Å². The van der Waals surface area contributed by atoms with Gasteiger partial charge in [-0.1, -0.05) is 31.2 Å². The van der Waals surface area contributed by atoms with Gasteiger partial charge in [-0.15, -0.1) is 0 Å². The van der Waals surface area contributed by atoms with Gasteiger partial charge in [0.15, 0.2) is 15.5 Å². The van der Waals surface area contributed by atoms with Crippen LogP contribution in [0, 0.1) is 6.92 Å². The molecule has 3 N–H and O–H groups in total. The maximum atomic E-state index is 14.6. The van der Waals surface area contributed by atoms with Crippen molar-refractivity contribution in [3.8, 4) is 0 Å². The normalized spacial score (nSPS) is 21.5. The summed E-state index contributed by atoms with van der Waals surface area (Å²) in [5.74, 6) is -0.779. The SMILES string of the molecule is CC[C@@H](c1cc2nc(N3CC[C@H](N)C3)c(C)cn2n1)N(C)C(=O)C1(NC(=O)CS(C)(=O)=O)CCCCc2ccccc21. The zero-order chi connectivity index (χ0) is 30.2. The van der Waals surface area contributed by atoms with E-state index in [0.717, 1.165) is 61.1 Å². The minimum atomic E-state index is -3.60. The van der Waals surface area contributed by atoms with Crippen LogP contribution in [-0.4, -0.2) is 77.9 Å². The standard InChI is InChI=1S/C30H41N7O4S/c1-5-25(24-16-26-32-28(20(2)17-37(26)34-24)36-15-13-22(31)18-36)35(3)29(39)30(33-27(38)19-42(4,40)41)14-9-8-11-21-10-6-7-12-23(21)30/h6-7,10,12,16-17,22,25H,5,8-9,11,13-15,18-19,31H2,1-4H3,(H,33,38)/t22-,25-,30?/m0/s1. The van der Waals surface area contributed by atoms with Crippen LogP contribution in [0.5, 0.6) is 0 Å². The van der Waals surface area contributed by atoms with E-state index < -0.39 is 33.1 Å². The highest BCUT2D eigenvalue weighted by Gasteiger charge is 2.47. The van der Waals surface area contributed by atoms with Crippen molar-refractivity contribution in [3.63, 3.8) is 0 Å². The molecule has 3 heterocycles. The van der Waals surface area contributed by atoms with Crippen LogP contribution in [0.3, 0.4) is 0 Å². The number of nitrogens with zero attached hydrogens (tertiary/aromatic N) is 5. The molecule has 11 nitrogen and oxygen atoms in total. The van der Waals surface area contributed by atoms with Gasteiger partial charge in [-0.3, -0.25) is 9.59 Å². The van der Waals surface area contributed by atoms with Gasteiger partial charge in [0.1, 0.15) is 17.1 Å². The number of fused-ring (bicyclic) bond motifs is 2. The van der Waals surface area contributed by atoms with Crippen LogP contribution in [0.25, 0.3) is 5.65 Å². The van der Waals surface area contributed by atoms with E-state index in [1.807, 2.05) is 50.4 Å². The monoisotopic (exact) mass is 595 g/mol. The number of rotatable bonds is 8. The summed E-state index contributed by atoms with van der Waals surface area (Å²) in [6, 6.07) is 9.27. The third kappa shape index (κ3) is 5.87. The van der Waals surface area contributed by atoms with Crippen LogP contribution in [0.2, 0.25) is 0 Å². The topological polar surface area (TPSA) is 143 Å². The lowest BCUT2D eigenvalue weighted by atomic mass is 9.82. The Labute approximate surface area is 247 Å². The number of hydrogen-bond acceptors (Lipinski definition) is 8. The van der Waals surface area contributed by atoms with E-state index in [1.54, 1.807) is 16.5 Å². The summed E-state index contributed by atoms with van der Waals surface area (Å²) >= 11 is 0. The third-order valence-corrected chi connectivity index (χ3v) is 9.29. The molecule has 2 amide bonds. The fraction of sp³-hybridized carbons (Fsp3) is 0.533. The molecule has 2 aliphatic rings. The first-order valence-electron chi connectivity index (χ1n) is 14.6. The molecule has 2 aromatic heterocycles. The minimum Gasteiger partial charge on any atom is -0.355 e. The number of hydrogen-bond donors (Lipinski definition) is 2. The molecule has 42 heavy (non-hydrogen) atoms. The fourth-order valence-electron chi connectivity index (χ4n) is 6.52. The molecule has 1 fully saturated rings. The van der Waals surface area contributed by atoms with Gasteiger partial charge in [0.05, 0.1) is 11.7 Å². The Morgan fingerprint density at radius 3 is 2.71 bits per heavy atom. The van der Waals surface area contributed by atoms with Crippen LogP contribution >= 0.6 is 0 Å². The maximum absolute atomic E-state index is 14.6. The molecule has 12 heteroatoms. The Balaban J connectivity index is 1.52. The molecular weight excluding hydrogens is 554 g/mol. The second kappa shape index (κ2) is 11.6. The lowest BCUT2D eigenvalue weighted by Gasteiger charge is -2.39. The summed E-state index contributed by atoms with van der Waals surface area (Å²) in [5.41, 5.74) is 8.80. The van der Waals surface area contributed by atoms with Crippen molar-refractivity contribution >= 4 is 33.1 Å². The Morgan fingerprint density at radius 2 is 2.02 bits per heavy atom. The number of carbonyl (C=O) groups is 2. The molecule has 0 radical (unpaired) electrons. The average Bonchev–Trinajstić information content (AvgIpc) is 3.49. The van der Waals surface area contributed by atoms with Gasteiger partial charge in [0, 0.05) is 50.3 Å². The van der Waals surface area contributed by atoms with Crippen LogP contribution < -0.4 is 16.0 Å². The van der Waals surface area contributed by atoms with E-state index in [9.17, 15) is 18.0 Å². The van der Waals surface area contributed by atoms with Gasteiger partial charge < -0.3 is 20.9 Å². The zero-order valence-electron chi connectivity index (χ0n) is 24.8. The predicted octanol–water partition coefficient (Wildman–Crippen LogP) is 2.27. The second-order valence-corrected chi connectivity index (χ2v) is 14.0. The molecule has 3 aromatic rings. The van der Waals surface area contributed by atoms with Crippen molar-refractivity contribution < 1.29 is 18.0 Å². The Morgan fingerprint density at radius 1 is 1.26 bits per heavy atom. The van der Waals surface area contributed by atoms with Crippen LogP contribution in [0.4, 0.5) is 5.82 Å². The first-order chi connectivity index (χ1) is 19.9. The van der Waals surface area contributed by atoms with E-state index in [-0.39, 0.29) is 11.9 Å². The number of carbonyl (C=O) groups excluding carboxylic acids is 2. The van der Waals surface area contributed by atoms with Crippen molar-refractivity contribution in [3.05, 3.63) is 58.9 Å². The van der Waals surface area contributed by atoms with E-state index >= 15 is 0 Å². The second-order valence-electron chi connectivity index (χ2n) is 11.8. The first kappa shape index (κ1) is 30.0. The molecule has 0 saturated carbocycles. The van der Waals surface area contributed by atoms with Crippen molar-refractivity contribution in [1.29, 1.82) is 0 Å². The number of aryl methyl sites for hydroxylation is 2. The number of nitrogens with two attached hydrogens (primary N) is 1. The first-order valence-corrected chi connectivity index (χ1v) is 16.7. The lowest BCUT2D eigenvalue weighted by Crippen LogP contribution is -2.58. The molecule has 1 unspecified atom stereocenters. The van der Waals surface area contributed by atoms with Gasteiger partial charge in [0.2, 0.25) is 5.91 Å². The van der Waals surface area contributed by atoms with Gasteiger partial charge >= 0.3 is 0 Å². The maximum Gasteiger partial charge on any atom is 0.253 e. The summed E-state index contributed by atoms with van der Waals surface area (Å²) in [4.78, 5) is 36.5. The number of anilines is 1. The van der Waals surface area contributed by atoms with Crippen molar-refractivity contribution in [2.24, 2.45) is 5.73 Å². The number of likely N-dealkylation sites (N-methyl/N-ethyl adjacent to an activating group) is 1. The molecule has 1 aliphatic heterocycles. The molecule has 1 aliphatic carbocycles. The molecular formula is C30H41N7O4S. The molecule has 0 spiro atoms. The number of amides is 2. The molecule has 3 atom stereocenters. The summed E-state index contributed by atoms with van der Waals surface area (Å²) in [7, 11) is -1.87. The van der Waals surface area contributed by atoms with E-state index in [1.165, 1.54) is 0 Å². The lowest BCUT2D eigenvalue weighted by molar-refractivity contribution is -0.143. The molecule has 226 valence electrons. The smallest absolute Gasteiger partial charge is 0.253 e. The fourth-order valence-corrected chi connectivity index (χ4v) is 7.07. The molecule has 0 bridgehead atoms. The van der Waals surface area contributed by atoms with Crippen LogP contribution in [0.1, 0.15) is 67.5 Å². The molecule has 1 aromatic carbocycles. The number of aromatic nitrogens is 3. The molecule has 1 saturated heterocycles. The van der Waals surface area contributed by atoms with E-state index in [4.69, 9.17) is 15.8 Å². The number of sulfone groups is 1. The van der Waals surface area contributed by atoms with Gasteiger partial charge in [0.25, 0.3) is 5.91 Å². The Kier molecular flexibility index (Phi) is 8.30. The van der Waals surface area contributed by atoms with E-state index in [2.05, 4.69) is 10.2 Å². The minimum absolute atomic E-state index is 0.131. The Bertz CT molecular complexity index is 1600. The summed E-state index contributed by atoms with van der Waals surface area (Å²) < 4.78 is 25.7. The highest BCUT2D eigenvalue weighted by Crippen LogP contribution is 2.38. The van der Waals surface area contributed by atoms with Gasteiger partial charge in [-0.25, -0.2) is 17.9 Å². The molecule has 5 rings (SSSR count). The summed E-state index contributed by atoms with van der Waals surface area (Å²) in [6.45, 7) is 5.61. The van der Waals surface area contributed by atoms with Gasteiger partial charge in [-0.05, 0) is 56.6 Å². The van der Waals surface area contributed by atoms with Crippen LogP contribution in [0.15, 0.2) is 36.5 Å². The predicted molar refractivity (Wildman–Crippen MR) is 162 cm³/mol. The zero-order valence-corrected chi connectivity index (χ0v) is 25.7. The highest BCUT2D eigenvalue weighted by atomic mass is 32.2.